The highest BCUT2D eigenvalue weighted by atomic mass is 35.5. The molecule has 0 bridgehead atoms. The maximum Gasteiger partial charge on any atom is 0.262 e. The molecule has 8 heteroatoms. The Morgan fingerprint density at radius 2 is 1.89 bits per heavy atom. The molecule has 0 fully saturated rings. The van der Waals surface area contributed by atoms with E-state index in [0.717, 1.165) is 11.1 Å². The molecule has 1 amide bonds. The van der Waals surface area contributed by atoms with Crippen LogP contribution in [0.15, 0.2) is 35.2 Å². The topological polar surface area (TPSA) is 75.7 Å². The fourth-order valence-corrected chi connectivity index (χ4v) is 4.87. The van der Waals surface area contributed by atoms with E-state index in [2.05, 4.69) is 4.72 Å². The minimum Gasteiger partial charge on any atom is -0.484 e. The number of fused-ring (bicyclic) bond motifs is 1. The molecular formula is C20H23ClN2O4S. The van der Waals surface area contributed by atoms with E-state index in [1.165, 1.54) is 24.0 Å². The number of hydrogen-bond acceptors (Lipinski definition) is 4. The average Bonchev–Trinajstić information content (AvgIpc) is 2.56. The lowest BCUT2D eigenvalue weighted by molar-refractivity contribution is -0.117. The number of rotatable bonds is 3. The summed E-state index contributed by atoms with van der Waals surface area (Å²) in [7, 11) is -3.91. The number of sulfonamides is 1. The van der Waals surface area contributed by atoms with Crippen LogP contribution in [0.1, 0.15) is 31.9 Å². The molecule has 2 aromatic rings. The first-order valence-electron chi connectivity index (χ1n) is 8.80. The molecule has 150 valence electrons. The molecule has 0 atom stereocenters. The third-order valence-corrected chi connectivity index (χ3v) is 6.15. The van der Waals surface area contributed by atoms with Crippen LogP contribution in [0.4, 0.5) is 11.4 Å². The van der Waals surface area contributed by atoms with E-state index in [4.69, 9.17) is 16.3 Å². The highest BCUT2D eigenvalue weighted by Crippen LogP contribution is 2.39. The molecule has 1 aliphatic rings. The second-order valence-corrected chi connectivity index (χ2v) is 9.73. The van der Waals surface area contributed by atoms with E-state index >= 15 is 0 Å². The summed E-state index contributed by atoms with van der Waals surface area (Å²) in [6, 6.07) is 8.03. The number of nitrogens with zero attached hydrogens (tertiary/aromatic N) is 1. The van der Waals surface area contributed by atoms with Gasteiger partial charge in [-0.15, -0.1) is 0 Å². The molecule has 1 aliphatic heterocycles. The Bertz CT molecular complexity index is 1040. The molecule has 0 saturated carbocycles. The van der Waals surface area contributed by atoms with Gasteiger partial charge in [-0.05, 0) is 63.1 Å². The van der Waals surface area contributed by atoms with Crippen LogP contribution in [0.3, 0.4) is 0 Å². The Hall–Kier alpha value is -2.25. The molecule has 6 nitrogen and oxygen atoms in total. The van der Waals surface area contributed by atoms with Crippen LogP contribution in [0.2, 0.25) is 5.02 Å². The largest absolute Gasteiger partial charge is 0.484 e. The molecule has 0 unspecified atom stereocenters. The fraction of sp³-hybridized carbons (Fsp3) is 0.350. The van der Waals surface area contributed by atoms with E-state index in [9.17, 15) is 13.2 Å². The number of carbonyl (C=O) groups is 1. The van der Waals surface area contributed by atoms with Crippen LogP contribution in [0.25, 0.3) is 0 Å². The summed E-state index contributed by atoms with van der Waals surface area (Å²) in [5.41, 5.74) is 1.87. The Kier molecular flexibility index (Phi) is 5.10. The van der Waals surface area contributed by atoms with Crippen LogP contribution < -0.4 is 14.4 Å². The summed E-state index contributed by atoms with van der Waals surface area (Å²) in [5, 5.41) is 0.328. The van der Waals surface area contributed by atoms with Gasteiger partial charge in [0.1, 0.15) is 11.4 Å². The molecule has 1 heterocycles. The highest BCUT2D eigenvalue weighted by Gasteiger charge is 2.34. The Morgan fingerprint density at radius 1 is 1.21 bits per heavy atom. The lowest BCUT2D eigenvalue weighted by Gasteiger charge is -2.39. The average molecular weight is 423 g/mol. The predicted octanol–water partition coefficient (Wildman–Crippen LogP) is 4.28. The van der Waals surface area contributed by atoms with Crippen molar-refractivity contribution in [2.75, 3.05) is 16.2 Å². The summed E-state index contributed by atoms with van der Waals surface area (Å²) in [6.07, 6.45) is 0. The lowest BCUT2D eigenvalue weighted by atomic mass is 10.1. The summed E-state index contributed by atoms with van der Waals surface area (Å²) in [5.74, 6) is 0.285. The van der Waals surface area contributed by atoms with Crippen molar-refractivity contribution in [2.24, 2.45) is 0 Å². The number of anilines is 2. The van der Waals surface area contributed by atoms with Gasteiger partial charge in [0.25, 0.3) is 10.0 Å². The number of benzene rings is 2. The van der Waals surface area contributed by atoms with Crippen molar-refractivity contribution in [2.45, 2.75) is 45.1 Å². The maximum atomic E-state index is 13.0. The zero-order valence-electron chi connectivity index (χ0n) is 16.5. The van der Waals surface area contributed by atoms with Crippen LogP contribution >= 0.6 is 11.6 Å². The Morgan fingerprint density at radius 3 is 2.50 bits per heavy atom. The van der Waals surface area contributed by atoms with E-state index in [-0.39, 0.29) is 10.8 Å². The maximum absolute atomic E-state index is 13.0. The van der Waals surface area contributed by atoms with Crippen LogP contribution in [-0.2, 0) is 14.8 Å². The minimum absolute atomic E-state index is 0.0249. The number of hydrogen-bond donors (Lipinski definition) is 1. The molecule has 0 spiro atoms. The number of halogens is 1. The van der Waals surface area contributed by atoms with Crippen molar-refractivity contribution in [1.29, 1.82) is 0 Å². The first-order valence-corrected chi connectivity index (χ1v) is 10.7. The molecule has 0 aromatic heterocycles. The highest BCUT2D eigenvalue weighted by molar-refractivity contribution is 7.92. The van der Waals surface area contributed by atoms with Gasteiger partial charge >= 0.3 is 0 Å². The molecule has 0 aliphatic carbocycles. The number of aryl methyl sites for hydroxylation is 2. The van der Waals surface area contributed by atoms with E-state index in [1.807, 2.05) is 26.8 Å². The van der Waals surface area contributed by atoms with Gasteiger partial charge in [-0.25, -0.2) is 8.42 Å². The van der Waals surface area contributed by atoms with Crippen molar-refractivity contribution in [3.05, 3.63) is 46.5 Å². The van der Waals surface area contributed by atoms with E-state index < -0.39 is 15.6 Å². The normalized spacial score (nSPS) is 15.6. The number of carbonyl (C=O) groups excluding carboxylic acids is 1. The van der Waals surface area contributed by atoms with Crippen molar-refractivity contribution in [3.8, 4) is 5.75 Å². The van der Waals surface area contributed by atoms with Gasteiger partial charge in [0.05, 0.1) is 27.8 Å². The zero-order valence-corrected chi connectivity index (χ0v) is 18.0. The second-order valence-electron chi connectivity index (χ2n) is 7.64. The Balaban J connectivity index is 2.03. The fourth-order valence-electron chi connectivity index (χ4n) is 3.28. The number of ether oxygens (including phenoxy) is 1. The lowest BCUT2D eigenvalue weighted by Crippen LogP contribution is -2.48. The summed E-state index contributed by atoms with van der Waals surface area (Å²) in [4.78, 5) is 13.7. The van der Waals surface area contributed by atoms with E-state index in [1.54, 1.807) is 19.1 Å². The van der Waals surface area contributed by atoms with Gasteiger partial charge in [0.15, 0.2) is 0 Å². The third kappa shape index (κ3) is 3.95. The zero-order chi connectivity index (χ0) is 20.9. The van der Waals surface area contributed by atoms with Gasteiger partial charge in [-0.2, -0.15) is 0 Å². The van der Waals surface area contributed by atoms with Crippen LogP contribution in [0.5, 0.6) is 5.75 Å². The molecular weight excluding hydrogens is 400 g/mol. The van der Waals surface area contributed by atoms with Crippen molar-refractivity contribution in [3.63, 3.8) is 0 Å². The van der Waals surface area contributed by atoms with Crippen molar-refractivity contribution in [1.82, 2.24) is 0 Å². The molecule has 3 rings (SSSR count). The van der Waals surface area contributed by atoms with Gasteiger partial charge in [0.2, 0.25) is 5.91 Å². The Labute approximate surface area is 170 Å². The summed E-state index contributed by atoms with van der Waals surface area (Å²) < 4.78 is 34.4. The van der Waals surface area contributed by atoms with Crippen LogP contribution in [0, 0.1) is 13.8 Å². The van der Waals surface area contributed by atoms with Crippen molar-refractivity contribution < 1.29 is 17.9 Å². The molecule has 1 N–H and O–H groups in total. The standard InChI is InChI=1S/C20H23ClN2O4S/c1-12-8-13(2)19(16(21)9-12)22-28(25,26)15-6-7-18-17(10-15)23(14(3)24)11-20(4,5)27-18/h6-10,22H,11H2,1-5H3. The van der Waals surface area contributed by atoms with Crippen molar-refractivity contribution >= 4 is 38.9 Å². The van der Waals surface area contributed by atoms with Gasteiger partial charge in [-0.3, -0.25) is 9.52 Å². The molecule has 28 heavy (non-hydrogen) atoms. The number of amides is 1. The molecule has 0 radical (unpaired) electrons. The number of nitrogens with one attached hydrogen (secondary N) is 1. The predicted molar refractivity (Wildman–Crippen MR) is 111 cm³/mol. The van der Waals surface area contributed by atoms with Gasteiger partial charge in [-0.1, -0.05) is 17.7 Å². The minimum atomic E-state index is -3.91. The second kappa shape index (κ2) is 6.97. The van der Waals surface area contributed by atoms with Gasteiger partial charge in [0, 0.05) is 6.92 Å². The molecule has 2 aromatic carbocycles. The first-order chi connectivity index (χ1) is 12.9. The monoisotopic (exact) mass is 422 g/mol. The SMILES string of the molecule is CC(=O)N1CC(C)(C)Oc2ccc(S(=O)(=O)Nc3c(C)cc(C)cc3Cl)cc21. The first kappa shape index (κ1) is 20.5. The summed E-state index contributed by atoms with van der Waals surface area (Å²) >= 11 is 6.24. The van der Waals surface area contributed by atoms with Gasteiger partial charge < -0.3 is 9.64 Å². The summed E-state index contributed by atoms with van der Waals surface area (Å²) in [6.45, 7) is 9.20. The molecule has 0 saturated heterocycles. The smallest absolute Gasteiger partial charge is 0.262 e. The quantitative estimate of drug-likeness (QED) is 0.800. The van der Waals surface area contributed by atoms with Crippen LogP contribution in [-0.4, -0.2) is 26.5 Å². The van der Waals surface area contributed by atoms with E-state index in [0.29, 0.717) is 28.7 Å². The third-order valence-electron chi connectivity index (χ3n) is 4.50.